The van der Waals surface area contributed by atoms with E-state index in [1.165, 1.54) is 0 Å². The molecule has 2 heterocycles. The minimum Gasteiger partial charge on any atom is -0.462 e. The number of imidazole rings is 1. The summed E-state index contributed by atoms with van der Waals surface area (Å²) < 4.78 is 6.85. The number of fused-ring (bicyclic) bond motifs is 1. The lowest BCUT2D eigenvalue weighted by Gasteiger charge is -2.08. The van der Waals surface area contributed by atoms with Gasteiger partial charge in [-0.05, 0) is 20.8 Å². The first-order valence-corrected chi connectivity index (χ1v) is 6.16. The Morgan fingerprint density at radius 2 is 2.22 bits per heavy atom. The van der Waals surface area contributed by atoms with Crippen molar-refractivity contribution >= 4 is 28.7 Å². The van der Waals surface area contributed by atoms with E-state index in [1.54, 1.807) is 20.2 Å². The highest BCUT2D eigenvalue weighted by Crippen LogP contribution is 2.27. The van der Waals surface area contributed by atoms with E-state index < -0.39 is 5.97 Å². The molecule has 0 radical (unpaired) electrons. The van der Waals surface area contributed by atoms with E-state index in [-0.39, 0.29) is 0 Å². The number of carbonyl (C=O) groups excluding carboxylic acids is 1. The smallest absolute Gasteiger partial charge is 0.341 e. The quantitative estimate of drug-likeness (QED) is 0.802. The van der Waals surface area contributed by atoms with Crippen molar-refractivity contribution in [3.05, 3.63) is 22.6 Å². The van der Waals surface area contributed by atoms with Gasteiger partial charge in [0.05, 0.1) is 23.7 Å². The maximum Gasteiger partial charge on any atom is 0.341 e. The van der Waals surface area contributed by atoms with Crippen molar-refractivity contribution in [3.63, 3.8) is 0 Å². The normalized spacial score (nSPS) is 10.9. The van der Waals surface area contributed by atoms with Crippen LogP contribution in [-0.4, -0.2) is 27.1 Å². The number of nitrogens with zero attached hydrogens (tertiary/aromatic N) is 3. The summed E-state index contributed by atoms with van der Waals surface area (Å²) in [4.78, 5) is 20.4. The highest BCUT2D eigenvalue weighted by atomic mass is 35.5. The summed E-state index contributed by atoms with van der Waals surface area (Å²) >= 11 is 6.23. The van der Waals surface area contributed by atoms with Crippen LogP contribution in [-0.2, 0) is 11.3 Å². The number of hydrogen-bond donors (Lipinski definition) is 0. The molecule has 96 valence electrons. The maximum atomic E-state index is 11.8. The molecule has 5 nitrogen and oxygen atoms in total. The lowest BCUT2D eigenvalue weighted by molar-refractivity contribution is 0.0525. The summed E-state index contributed by atoms with van der Waals surface area (Å²) in [5, 5.41) is 0.308. The Hall–Kier alpha value is -1.62. The van der Waals surface area contributed by atoms with E-state index >= 15 is 0 Å². The van der Waals surface area contributed by atoms with Gasteiger partial charge in [0.1, 0.15) is 11.1 Å². The van der Waals surface area contributed by atoms with Crippen molar-refractivity contribution in [1.82, 2.24) is 14.5 Å². The fourth-order valence-corrected chi connectivity index (χ4v) is 2.16. The van der Waals surface area contributed by atoms with E-state index in [1.807, 2.05) is 11.5 Å². The summed E-state index contributed by atoms with van der Waals surface area (Å²) in [7, 11) is 0. The van der Waals surface area contributed by atoms with Gasteiger partial charge in [-0.15, -0.1) is 0 Å². The Morgan fingerprint density at radius 3 is 2.83 bits per heavy atom. The van der Waals surface area contributed by atoms with Gasteiger partial charge in [-0.1, -0.05) is 11.6 Å². The van der Waals surface area contributed by atoms with Crippen molar-refractivity contribution in [2.45, 2.75) is 27.3 Å². The zero-order valence-corrected chi connectivity index (χ0v) is 11.3. The second-order valence-electron chi connectivity index (χ2n) is 3.81. The molecule has 0 atom stereocenters. The molecular formula is C12H14ClN3O2. The van der Waals surface area contributed by atoms with Gasteiger partial charge in [-0.2, -0.15) is 0 Å². The average molecular weight is 268 g/mol. The van der Waals surface area contributed by atoms with Crippen molar-refractivity contribution in [1.29, 1.82) is 0 Å². The molecule has 0 saturated heterocycles. The molecule has 0 aromatic carbocycles. The van der Waals surface area contributed by atoms with Crippen LogP contribution in [0.5, 0.6) is 0 Å². The second-order valence-corrected chi connectivity index (χ2v) is 4.19. The standard InChI is InChI=1S/C12H14ClN3O2/c1-4-16-6-14-10-9(13)8(12(17)18-5-2)7(3)15-11(10)16/h6H,4-5H2,1-3H3. The molecule has 2 rings (SSSR count). The zero-order chi connectivity index (χ0) is 13.3. The van der Waals surface area contributed by atoms with Crippen molar-refractivity contribution in [2.24, 2.45) is 0 Å². The molecule has 0 aliphatic heterocycles. The lowest BCUT2D eigenvalue weighted by Crippen LogP contribution is -2.09. The molecule has 6 heteroatoms. The number of hydrogen-bond acceptors (Lipinski definition) is 4. The first-order chi connectivity index (χ1) is 8.60. The van der Waals surface area contributed by atoms with Crippen molar-refractivity contribution in [3.8, 4) is 0 Å². The van der Waals surface area contributed by atoms with Gasteiger partial charge in [-0.3, -0.25) is 0 Å². The second kappa shape index (κ2) is 4.94. The zero-order valence-electron chi connectivity index (χ0n) is 10.5. The number of ether oxygens (including phenoxy) is 1. The van der Waals surface area contributed by atoms with Gasteiger partial charge < -0.3 is 9.30 Å². The van der Waals surface area contributed by atoms with Gasteiger partial charge in [0.25, 0.3) is 0 Å². The van der Waals surface area contributed by atoms with Crippen molar-refractivity contribution in [2.75, 3.05) is 6.61 Å². The van der Waals surface area contributed by atoms with Crippen LogP contribution in [0.3, 0.4) is 0 Å². The average Bonchev–Trinajstić information content (AvgIpc) is 2.72. The Kier molecular flexibility index (Phi) is 3.52. The number of rotatable bonds is 3. The number of carbonyl (C=O) groups is 1. The van der Waals surface area contributed by atoms with E-state index in [9.17, 15) is 4.79 Å². The monoisotopic (exact) mass is 267 g/mol. The van der Waals surface area contributed by atoms with Crippen molar-refractivity contribution < 1.29 is 9.53 Å². The fourth-order valence-electron chi connectivity index (χ4n) is 1.81. The van der Waals surface area contributed by atoms with Gasteiger partial charge in [0, 0.05) is 6.54 Å². The van der Waals surface area contributed by atoms with Crippen LogP contribution in [0, 0.1) is 6.92 Å². The first kappa shape index (κ1) is 12.8. The number of aromatic nitrogens is 3. The Labute approximate surface area is 110 Å². The minimum absolute atomic E-state index is 0.298. The molecular weight excluding hydrogens is 254 g/mol. The first-order valence-electron chi connectivity index (χ1n) is 5.78. The molecule has 0 aliphatic carbocycles. The van der Waals surface area contributed by atoms with Crippen LogP contribution in [0.1, 0.15) is 29.9 Å². The Morgan fingerprint density at radius 1 is 1.50 bits per heavy atom. The molecule has 0 N–H and O–H groups in total. The summed E-state index contributed by atoms with van der Waals surface area (Å²) in [6.45, 7) is 6.53. The SMILES string of the molecule is CCOC(=O)c1c(C)nc2c(ncn2CC)c1Cl. The highest BCUT2D eigenvalue weighted by Gasteiger charge is 2.21. The molecule has 2 aromatic heterocycles. The summed E-state index contributed by atoms with van der Waals surface area (Å²) in [6, 6.07) is 0. The number of halogens is 1. The van der Waals surface area contributed by atoms with Crippen LogP contribution in [0.15, 0.2) is 6.33 Å². The van der Waals surface area contributed by atoms with Crippen LogP contribution >= 0.6 is 11.6 Å². The largest absolute Gasteiger partial charge is 0.462 e. The van der Waals surface area contributed by atoms with Gasteiger partial charge in [0.15, 0.2) is 5.65 Å². The highest BCUT2D eigenvalue weighted by molar-refractivity contribution is 6.37. The molecule has 0 spiro atoms. The van der Waals surface area contributed by atoms with E-state index in [2.05, 4.69) is 9.97 Å². The topological polar surface area (TPSA) is 57.0 Å². The third-order valence-electron chi connectivity index (χ3n) is 2.69. The predicted octanol–water partition coefficient (Wildman–Crippen LogP) is 2.59. The number of esters is 1. The summed E-state index contributed by atoms with van der Waals surface area (Å²) in [5.41, 5.74) is 2.08. The minimum atomic E-state index is -0.458. The fraction of sp³-hybridized carbons (Fsp3) is 0.417. The Bertz CT molecular complexity index is 607. The van der Waals surface area contributed by atoms with Crippen LogP contribution in [0.4, 0.5) is 0 Å². The third-order valence-corrected chi connectivity index (χ3v) is 3.06. The predicted molar refractivity (Wildman–Crippen MR) is 68.9 cm³/mol. The van der Waals surface area contributed by atoms with E-state index in [4.69, 9.17) is 16.3 Å². The number of pyridine rings is 1. The van der Waals surface area contributed by atoms with Crippen LogP contribution < -0.4 is 0 Å². The number of aryl methyl sites for hydroxylation is 2. The maximum absolute atomic E-state index is 11.8. The molecule has 18 heavy (non-hydrogen) atoms. The molecule has 0 saturated carbocycles. The van der Waals surface area contributed by atoms with Gasteiger partial charge in [-0.25, -0.2) is 14.8 Å². The lowest BCUT2D eigenvalue weighted by atomic mass is 10.2. The van der Waals surface area contributed by atoms with Gasteiger partial charge >= 0.3 is 5.97 Å². The molecule has 0 bridgehead atoms. The molecule has 0 fully saturated rings. The third kappa shape index (κ3) is 1.95. The molecule has 0 unspecified atom stereocenters. The van der Waals surface area contributed by atoms with Gasteiger partial charge in [0.2, 0.25) is 0 Å². The van der Waals surface area contributed by atoms with Crippen LogP contribution in [0.25, 0.3) is 11.2 Å². The summed E-state index contributed by atoms with van der Waals surface area (Å²) in [5.74, 6) is -0.458. The van der Waals surface area contributed by atoms with E-state index in [0.717, 1.165) is 6.54 Å². The molecule has 0 amide bonds. The summed E-state index contributed by atoms with van der Waals surface area (Å²) in [6.07, 6.45) is 1.66. The Balaban J connectivity index is 2.66. The molecule has 0 aliphatic rings. The molecule has 2 aromatic rings. The van der Waals surface area contributed by atoms with E-state index in [0.29, 0.717) is 34.1 Å². The van der Waals surface area contributed by atoms with Crippen LogP contribution in [0.2, 0.25) is 5.02 Å².